The monoisotopic (exact) mass is 197 g/mol. The molecule has 1 aromatic carbocycles. The van der Waals surface area contributed by atoms with Gasteiger partial charge in [0.1, 0.15) is 11.9 Å². The Morgan fingerprint density at radius 3 is 2.92 bits per heavy atom. The lowest BCUT2D eigenvalue weighted by molar-refractivity contribution is 0.322. The molecular formula is C9H8FNOS. The van der Waals surface area contributed by atoms with E-state index in [0.717, 1.165) is 0 Å². The molecule has 2 nitrogen and oxygen atoms in total. The Labute approximate surface area is 80.0 Å². The van der Waals surface area contributed by atoms with Crippen LogP contribution in [0.15, 0.2) is 23.1 Å². The van der Waals surface area contributed by atoms with Crippen LogP contribution in [0.5, 0.6) is 0 Å². The molecule has 0 unspecified atom stereocenters. The highest BCUT2D eigenvalue weighted by molar-refractivity contribution is 7.99. The van der Waals surface area contributed by atoms with Crippen LogP contribution in [0.1, 0.15) is 5.56 Å². The molecule has 68 valence electrons. The summed E-state index contributed by atoms with van der Waals surface area (Å²) in [4.78, 5) is 0.706. The third kappa shape index (κ3) is 2.72. The van der Waals surface area contributed by atoms with Crippen LogP contribution in [-0.4, -0.2) is 17.5 Å². The number of halogens is 1. The molecular weight excluding hydrogens is 189 g/mol. The van der Waals surface area contributed by atoms with Crippen LogP contribution in [0.3, 0.4) is 0 Å². The number of aliphatic hydroxyl groups excluding tert-OH is 1. The number of thioether (sulfide) groups is 1. The lowest BCUT2D eigenvalue weighted by Crippen LogP contribution is -1.89. The predicted octanol–water partition coefficient (Wildman–Crippen LogP) is 1.78. The number of hydrogen-bond acceptors (Lipinski definition) is 3. The normalized spacial score (nSPS) is 9.62. The highest BCUT2D eigenvalue weighted by atomic mass is 32.2. The van der Waals surface area contributed by atoms with Gasteiger partial charge in [0.05, 0.1) is 12.2 Å². The first-order chi connectivity index (χ1) is 6.27. The van der Waals surface area contributed by atoms with Crippen LogP contribution in [-0.2, 0) is 0 Å². The Balaban J connectivity index is 2.88. The zero-order chi connectivity index (χ0) is 9.68. The molecule has 0 aromatic heterocycles. The molecule has 0 radical (unpaired) electrons. The Kier molecular flexibility index (Phi) is 3.74. The van der Waals surface area contributed by atoms with Gasteiger partial charge in [0.2, 0.25) is 0 Å². The summed E-state index contributed by atoms with van der Waals surface area (Å²) in [5, 5.41) is 17.2. The number of hydrogen-bond donors (Lipinski definition) is 1. The molecule has 13 heavy (non-hydrogen) atoms. The van der Waals surface area contributed by atoms with E-state index in [2.05, 4.69) is 0 Å². The number of aliphatic hydroxyl groups is 1. The minimum Gasteiger partial charge on any atom is -0.396 e. The molecule has 0 atom stereocenters. The average Bonchev–Trinajstić information content (AvgIpc) is 2.16. The first-order valence-electron chi connectivity index (χ1n) is 3.71. The molecule has 0 aliphatic heterocycles. The predicted molar refractivity (Wildman–Crippen MR) is 48.9 cm³/mol. The second kappa shape index (κ2) is 4.85. The second-order valence-corrected chi connectivity index (χ2v) is 3.46. The van der Waals surface area contributed by atoms with Gasteiger partial charge in [-0.3, -0.25) is 0 Å². The molecule has 0 aliphatic carbocycles. The van der Waals surface area contributed by atoms with E-state index < -0.39 is 5.82 Å². The van der Waals surface area contributed by atoms with Crippen molar-refractivity contribution in [1.29, 1.82) is 5.26 Å². The number of rotatable bonds is 3. The highest BCUT2D eigenvalue weighted by Gasteiger charge is 2.03. The molecule has 0 saturated heterocycles. The van der Waals surface area contributed by atoms with E-state index in [1.54, 1.807) is 6.07 Å². The molecule has 0 amide bonds. The molecule has 4 heteroatoms. The summed E-state index contributed by atoms with van der Waals surface area (Å²) in [5.41, 5.74) is 0.318. The van der Waals surface area contributed by atoms with Crippen LogP contribution < -0.4 is 0 Å². The van der Waals surface area contributed by atoms with Crippen LogP contribution >= 0.6 is 11.8 Å². The van der Waals surface area contributed by atoms with Crippen LogP contribution in [0, 0.1) is 17.1 Å². The minimum atomic E-state index is -0.412. The molecule has 0 spiro atoms. The second-order valence-electron chi connectivity index (χ2n) is 2.32. The maximum Gasteiger partial charge on any atom is 0.124 e. The van der Waals surface area contributed by atoms with Crippen LogP contribution in [0.4, 0.5) is 4.39 Å². The fourth-order valence-electron chi connectivity index (χ4n) is 0.871. The number of benzene rings is 1. The van der Waals surface area contributed by atoms with Gasteiger partial charge in [-0.15, -0.1) is 11.8 Å². The lowest BCUT2D eigenvalue weighted by Gasteiger charge is -2.01. The van der Waals surface area contributed by atoms with Gasteiger partial charge < -0.3 is 5.11 Å². The summed E-state index contributed by atoms with van der Waals surface area (Å²) in [5.74, 6) is 0.102. The third-order valence-electron chi connectivity index (χ3n) is 1.41. The Morgan fingerprint density at radius 1 is 1.54 bits per heavy atom. The van der Waals surface area contributed by atoms with E-state index in [4.69, 9.17) is 10.4 Å². The molecule has 0 heterocycles. The van der Waals surface area contributed by atoms with Crippen LogP contribution in [0.25, 0.3) is 0 Å². The van der Waals surface area contributed by atoms with E-state index >= 15 is 0 Å². The van der Waals surface area contributed by atoms with Crippen molar-refractivity contribution in [2.45, 2.75) is 4.90 Å². The van der Waals surface area contributed by atoms with Crippen molar-refractivity contribution < 1.29 is 9.50 Å². The molecule has 0 bridgehead atoms. The van der Waals surface area contributed by atoms with Gasteiger partial charge in [-0.2, -0.15) is 5.26 Å². The smallest absolute Gasteiger partial charge is 0.124 e. The van der Waals surface area contributed by atoms with E-state index in [0.29, 0.717) is 16.2 Å². The summed E-state index contributed by atoms with van der Waals surface area (Å²) >= 11 is 1.34. The molecule has 0 aliphatic rings. The van der Waals surface area contributed by atoms with Gasteiger partial charge in [-0.25, -0.2) is 4.39 Å². The summed E-state index contributed by atoms with van der Waals surface area (Å²) in [6.07, 6.45) is 0. The Morgan fingerprint density at radius 2 is 2.31 bits per heavy atom. The van der Waals surface area contributed by atoms with E-state index in [-0.39, 0.29) is 6.61 Å². The van der Waals surface area contributed by atoms with Crippen molar-refractivity contribution in [2.75, 3.05) is 12.4 Å². The summed E-state index contributed by atoms with van der Waals surface area (Å²) < 4.78 is 12.6. The van der Waals surface area contributed by atoms with E-state index in [1.165, 1.54) is 23.9 Å². The minimum absolute atomic E-state index is 0.0485. The van der Waals surface area contributed by atoms with Gasteiger partial charge in [-0.1, -0.05) is 0 Å². The quantitative estimate of drug-likeness (QED) is 0.751. The standard InChI is InChI=1S/C9H8FNOS/c10-8-1-2-9(13-4-3-12)7(5-8)6-11/h1-2,5,12H,3-4H2. The third-order valence-corrected chi connectivity index (χ3v) is 2.46. The Hall–Kier alpha value is -1.05. The first kappa shape index (κ1) is 10.0. The Bertz CT molecular complexity index is 335. The lowest BCUT2D eigenvalue weighted by atomic mass is 10.2. The van der Waals surface area contributed by atoms with Gasteiger partial charge in [0.15, 0.2) is 0 Å². The van der Waals surface area contributed by atoms with Crippen molar-refractivity contribution in [3.63, 3.8) is 0 Å². The number of nitrogens with zero attached hydrogens (tertiary/aromatic N) is 1. The summed E-state index contributed by atoms with van der Waals surface area (Å²) in [6.45, 7) is 0.0485. The van der Waals surface area contributed by atoms with Crippen molar-refractivity contribution >= 4 is 11.8 Å². The van der Waals surface area contributed by atoms with Gasteiger partial charge in [0.25, 0.3) is 0 Å². The topological polar surface area (TPSA) is 44.0 Å². The zero-order valence-corrected chi connectivity index (χ0v) is 7.64. The van der Waals surface area contributed by atoms with Crippen molar-refractivity contribution in [3.05, 3.63) is 29.6 Å². The molecule has 0 saturated carbocycles. The van der Waals surface area contributed by atoms with Gasteiger partial charge in [0, 0.05) is 10.6 Å². The molecule has 1 aromatic rings. The molecule has 0 fully saturated rings. The first-order valence-corrected chi connectivity index (χ1v) is 4.70. The van der Waals surface area contributed by atoms with Gasteiger partial charge in [-0.05, 0) is 18.2 Å². The SMILES string of the molecule is N#Cc1cc(F)ccc1SCCO. The summed E-state index contributed by atoms with van der Waals surface area (Å²) in [6, 6.07) is 5.95. The van der Waals surface area contributed by atoms with Crippen LogP contribution in [0.2, 0.25) is 0 Å². The van der Waals surface area contributed by atoms with E-state index in [9.17, 15) is 4.39 Å². The fourth-order valence-corrected chi connectivity index (χ4v) is 1.61. The number of nitriles is 1. The van der Waals surface area contributed by atoms with E-state index in [1.807, 2.05) is 6.07 Å². The fraction of sp³-hybridized carbons (Fsp3) is 0.222. The maximum atomic E-state index is 12.6. The van der Waals surface area contributed by atoms with Gasteiger partial charge >= 0.3 is 0 Å². The molecule has 1 rings (SSSR count). The summed E-state index contributed by atoms with van der Waals surface area (Å²) in [7, 11) is 0. The largest absolute Gasteiger partial charge is 0.396 e. The van der Waals surface area contributed by atoms with Crippen molar-refractivity contribution in [3.8, 4) is 6.07 Å². The average molecular weight is 197 g/mol. The highest BCUT2D eigenvalue weighted by Crippen LogP contribution is 2.22. The molecule has 1 N–H and O–H groups in total. The maximum absolute atomic E-state index is 12.6. The van der Waals surface area contributed by atoms with Crippen molar-refractivity contribution in [1.82, 2.24) is 0 Å². The van der Waals surface area contributed by atoms with Crippen molar-refractivity contribution in [2.24, 2.45) is 0 Å². The zero-order valence-electron chi connectivity index (χ0n) is 6.83.